The molecule has 4 nitrogen and oxygen atoms in total. The van der Waals surface area contributed by atoms with Gasteiger partial charge in [0.25, 0.3) is 0 Å². The van der Waals surface area contributed by atoms with E-state index in [0.717, 1.165) is 18.3 Å². The van der Waals surface area contributed by atoms with E-state index in [1.54, 1.807) is 6.07 Å². The summed E-state index contributed by atoms with van der Waals surface area (Å²) < 4.78 is 27.3. The lowest BCUT2D eigenvalue weighted by atomic mass is 9.48. The fourth-order valence-electron chi connectivity index (χ4n) is 7.54. The first kappa shape index (κ1) is 16.1. The Hall–Kier alpha value is -1.07. The van der Waals surface area contributed by atoms with Crippen LogP contribution in [0.1, 0.15) is 68.9 Å². The maximum atomic E-state index is 11.2. The molecule has 0 radical (unpaired) electrons. The van der Waals surface area contributed by atoms with E-state index in [2.05, 4.69) is 13.0 Å². The minimum absolute atomic E-state index is 0.348. The Morgan fingerprint density at radius 3 is 2.60 bits per heavy atom. The number of rotatable bonds is 2. The highest BCUT2D eigenvalue weighted by molar-refractivity contribution is 7.84. The van der Waals surface area contributed by atoms with Gasteiger partial charge in [-0.1, -0.05) is 13.0 Å². The predicted octanol–water partition coefficient (Wildman–Crippen LogP) is 3.91. The van der Waals surface area contributed by atoms with Crippen molar-refractivity contribution in [1.82, 2.24) is 0 Å². The summed E-state index contributed by atoms with van der Waals surface area (Å²) in [5.74, 6) is 2.74. The number of fused-ring (bicyclic) bond motifs is 3. The zero-order valence-corrected chi connectivity index (χ0v) is 15.6. The summed E-state index contributed by atoms with van der Waals surface area (Å²) in [6.45, 7) is 2.59. The number of hydrogen-bond acceptors (Lipinski definition) is 3. The molecule has 3 saturated carbocycles. The molecule has 2 N–H and O–H groups in total. The molecule has 0 aromatic heterocycles. The van der Waals surface area contributed by atoms with Gasteiger partial charge in [0.15, 0.2) is 0 Å². The van der Waals surface area contributed by atoms with Crippen LogP contribution in [0.25, 0.3) is 0 Å². The van der Waals surface area contributed by atoms with Crippen LogP contribution in [0.15, 0.2) is 18.2 Å². The maximum Gasteiger partial charge on any atom is 0.380 e. The molecule has 5 heteroatoms. The lowest BCUT2D eigenvalue weighted by Gasteiger charge is -2.56. The molecule has 0 saturated heterocycles. The Morgan fingerprint density at radius 1 is 1.12 bits per heavy atom. The summed E-state index contributed by atoms with van der Waals surface area (Å²) in [4.78, 5) is 0. The van der Waals surface area contributed by atoms with Crippen molar-refractivity contribution in [2.75, 3.05) is 0 Å². The van der Waals surface area contributed by atoms with Crippen LogP contribution < -0.4 is 9.32 Å². The molecule has 1 aromatic carbocycles. The molecule has 136 valence electrons. The largest absolute Gasteiger partial charge is 0.380 e. The van der Waals surface area contributed by atoms with E-state index in [1.807, 2.05) is 6.07 Å². The van der Waals surface area contributed by atoms with E-state index < -0.39 is 10.3 Å². The lowest BCUT2D eigenvalue weighted by Crippen LogP contribution is -2.47. The van der Waals surface area contributed by atoms with Crippen molar-refractivity contribution >= 4 is 10.3 Å². The van der Waals surface area contributed by atoms with E-state index in [-0.39, 0.29) is 0 Å². The van der Waals surface area contributed by atoms with Crippen LogP contribution in [0.2, 0.25) is 0 Å². The topological polar surface area (TPSA) is 69.4 Å². The number of benzene rings is 1. The van der Waals surface area contributed by atoms with Gasteiger partial charge in [0.2, 0.25) is 0 Å². The van der Waals surface area contributed by atoms with Gasteiger partial charge in [0.1, 0.15) is 5.75 Å². The molecule has 25 heavy (non-hydrogen) atoms. The maximum absolute atomic E-state index is 11.2. The monoisotopic (exact) mass is 361 g/mol. The van der Waals surface area contributed by atoms with E-state index in [4.69, 9.17) is 9.32 Å². The fraction of sp³-hybridized carbons (Fsp3) is 0.700. The highest BCUT2D eigenvalue weighted by Gasteiger charge is 2.67. The second kappa shape index (κ2) is 5.01. The molecule has 0 aliphatic heterocycles. The number of aryl methyl sites for hydroxylation is 1. The summed E-state index contributed by atoms with van der Waals surface area (Å²) in [6.07, 6.45) is 10.6. The minimum atomic E-state index is -3.96. The third-order valence-corrected chi connectivity index (χ3v) is 8.96. The Balaban J connectivity index is 1.51. The van der Waals surface area contributed by atoms with Crippen LogP contribution in [-0.2, 0) is 16.7 Å². The summed E-state index contributed by atoms with van der Waals surface area (Å²) in [5, 5.41) is 5.01. The molecule has 4 aliphatic carbocycles. The minimum Gasteiger partial charge on any atom is -0.371 e. The van der Waals surface area contributed by atoms with E-state index in [9.17, 15) is 8.42 Å². The molecule has 4 aliphatic rings. The van der Waals surface area contributed by atoms with Crippen molar-refractivity contribution in [3.63, 3.8) is 0 Å². The van der Waals surface area contributed by atoms with Crippen molar-refractivity contribution < 1.29 is 12.6 Å². The summed E-state index contributed by atoms with van der Waals surface area (Å²) >= 11 is 0. The predicted molar refractivity (Wildman–Crippen MR) is 96.5 cm³/mol. The second-order valence-corrected chi connectivity index (χ2v) is 10.2. The van der Waals surface area contributed by atoms with Gasteiger partial charge < -0.3 is 4.18 Å². The van der Waals surface area contributed by atoms with Gasteiger partial charge in [0, 0.05) is 0 Å². The van der Waals surface area contributed by atoms with Crippen LogP contribution in [0.5, 0.6) is 5.75 Å². The third-order valence-electron chi connectivity index (χ3n) is 8.54. The Labute approximate surface area is 150 Å². The van der Waals surface area contributed by atoms with Crippen molar-refractivity contribution in [2.24, 2.45) is 27.8 Å². The van der Waals surface area contributed by atoms with Crippen LogP contribution in [-0.4, -0.2) is 8.42 Å². The molecular formula is C20H27NO3S. The summed E-state index contributed by atoms with van der Waals surface area (Å²) in [5.41, 5.74) is 3.83. The molecule has 0 spiro atoms. The molecule has 3 atom stereocenters. The van der Waals surface area contributed by atoms with Gasteiger partial charge >= 0.3 is 10.3 Å². The number of nitrogens with two attached hydrogens (primary N) is 1. The molecule has 3 fully saturated rings. The van der Waals surface area contributed by atoms with Gasteiger partial charge in [-0.05, 0) is 103 Å². The molecule has 1 aromatic rings. The number of hydrogen-bond donors (Lipinski definition) is 1. The van der Waals surface area contributed by atoms with Crippen molar-refractivity contribution in [3.8, 4) is 5.75 Å². The van der Waals surface area contributed by atoms with Gasteiger partial charge in [-0.25, -0.2) is 0 Å². The summed E-state index contributed by atoms with van der Waals surface area (Å²) in [7, 11) is -3.96. The molecule has 2 unspecified atom stereocenters. The lowest BCUT2D eigenvalue weighted by molar-refractivity contribution is -0.0337. The zero-order chi connectivity index (χ0) is 17.4. The first-order valence-corrected chi connectivity index (χ1v) is 11.1. The smallest absolute Gasteiger partial charge is 0.371 e. The molecule has 2 bridgehead atoms. The zero-order valence-electron chi connectivity index (χ0n) is 14.8. The fourth-order valence-corrected chi connectivity index (χ4v) is 7.92. The average Bonchev–Trinajstić information content (AvgIpc) is 3.01. The van der Waals surface area contributed by atoms with Crippen molar-refractivity contribution in [1.29, 1.82) is 0 Å². The van der Waals surface area contributed by atoms with E-state index in [1.165, 1.54) is 56.1 Å². The van der Waals surface area contributed by atoms with Crippen molar-refractivity contribution in [3.05, 3.63) is 29.3 Å². The normalized spacial score (nSPS) is 41.8. The molecule has 5 rings (SSSR count). The Morgan fingerprint density at radius 2 is 1.88 bits per heavy atom. The molecular weight excluding hydrogens is 334 g/mol. The van der Waals surface area contributed by atoms with Gasteiger partial charge in [-0.2, -0.15) is 13.6 Å². The van der Waals surface area contributed by atoms with Gasteiger partial charge in [-0.3, -0.25) is 0 Å². The van der Waals surface area contributed by atoms with Crippen LogP contribution in [0.3, 0.4) is 0 Å². The first-order valence-electron chi connectivity index (χ1n) is 9.67. The standard InChI is InChI=1S/C20H27NO3S/c1-19-9-8-17-16-4-3-15(24-25(21,22)23)12-13(16)2-5-18(17)20(19)10-6-14(19)7-11-20/h3-4,12,14,17-18H,2,5-11H2,1H3,(H2,21,22,23)/t14?,17?,18?,19-,20?/m1/s1. The molecule has 0 heterocycles. The van der Waals surface area contributed by atoms with Gasteiger partial charge in [-0.15, -0.1) is 0 Å². The van der Waals surface area contributed by atoms with E-state index >= 15 is 0 Å². The first-order chi connectivity index (χ1) is 11.8. The van der Waals surface area contributed by atoms with Crippen LogP contribution in [0, 0.1) is 22.7 Å². The average molecular weight is 362 g/mol. The summed E-state index contributed by atoms with van der Waals surface area (Å²) in [6, 6.07) is 5.78. The second-order valence-electron chi connectivity index (χ2n) is 9.07. The highest BCUT2D eigenvalue weighted by atomic mass is 32.2. The third kappa shape index (κ3) is 2.11. The van der Waals surface area contributed by atoms with Crippen molar-refractivity contribution in [2.45, 2.75) is 64.2 Å². The Bertz CT molecular complexity index is 825. The SMILES string of the molecule is C[C@]12CCC3c4ccc(OS(N)(=O)=O)cc4CCC3C13CCC2CC3. The Kier molecular flexibility index (Phi) is 3.23. The van der Waals surface area contributed by atoms with Crippen LogP contribution in [0.4, 0.5) is 0 Å². The highest BCUT2D eigenvalue weighted by Crippen LogP contribution is 2.76. The molecule has 0 amide bonds. The van der Waals surface area contributed by atoms with Gasteiger partial charge in [0.05, 0.1) is 0 Å². The van der Waals surface area contributed by atoms with E-state index in [0.29, 0.717) is 22.5 Å². The van der Waals surface area contributed by atoms with Crippen LogP contribution >= 0.6 is 0 Å². The quantitative estimate of drug-likeness (QED) is 0.868.